The average molecular weight is 330 g/mol. The number of carbonyl (C=O) groups excluding carboxylic acids is 1. The molecule has 1 saturated heterocycles. The minimum atomic E-state index is -0.148. The van der Waals surface area contributed by atoms with Gasteiger partial charge in [0.25, 0.3) is 5.91 Å². The fraction of sp³-hybridized carbons (Fsp3) is 0.462. The third-order valence-corrected chi connectivity index (χ3v) is 3.58. The molecule has 1 unspecified atom stereocenters. The molecule has 1 aliphatic heterocycles. The Hall–Kier alpha value is -1.27. The van der Waals surface area contributed by atoms with Crippen molar-refractivity contribution in [3.8, 4) is 11.5 Å². The van der Waals surface area contributed by atoms with Gasteiger partial charge in [0.15, 0.2) is 6.61 Å². The van der Waals surface area contributed by atoms with E-state index < -0.39 is 0 Å². The Morgan fingerprint density at radius 2 is 2.32 bits per heavy atom. The highest BCUT2D eigenvalue weighted by atomic mass is 79.9. The average Bonchev–Trinajstić information content (AvgIpc) is 2.90. The third-order valence-electron chi connectivity index (χ3n) is 2.80. The number of rotatable bonds is 5. The molecule has 1 amide bonds. The van der Waals surface area contributed by atoms with Crippen molar-refractivity contribution in [2.45, 2.75) is 12.5 Å². The van der Waals surface area contributed by atoms with Crippen LogP contribution in [0.1, 0.15) is 6.42 Å². The molecule has 5 nitrogen and oxygen atoms in total. The van der Waals surface area contributed by atoms with Gasteiger partial charge in [-0.25, -0.2) is 0 Å². The molecular formula is C13H16BrNO4. The van der Waals surface area contributed by atoms with Gasteiger partial charge in [0, 0.05) is 6.61 Å². The topological polar surface area (TPSA) is 56.8 Å². The maximum Gasteiger partial charge on any atom is 0.258 e. The van der Waals surface area contributed by atoms with E-state index in [-0.39, 0.29) is 18.6 Å². The van der Waals surface area contributed by atoms with E-state index in [0.29, 0.717) is 29.2 Å². The highest BCUT2D eigenvalue weighted by molar-refractivity contribution is 9.10. The number of halogens is 1. The summed E-state index contributed by atoms with van der Waals surface area (Å²) in [6, 6.07) is 5.50. The van der Waals surface area contributed by atoms with Gasteiger partial charge >= 0.3 is 0 Å². The minimum absolute atomic E-state index is 0.0255. The van der Waals surface area contributed by atoms with E-state index >= 15 is 0 Å². The molecule has 0 spiro atoms. The van der Waals surface area contributed by atoms with Crippen LogP contribution in [0, 0.1) is 0 Å². The zero-order valence-corrected chi connectivity index (χ0v) is 12.2. The van der Waals surface area contributed by atoms with Crippen molar-refractivity contribution in [1.29, 1.82) is 0 Å². The predicted molar refractivity (Wildman–Crippen MR) is 73.6 cm³/mol. The van der Waals surface area contributed by atoms with Gasteiger partial charge in [-0.3, -0.25) is 4.79 Å². The zero-order chi connectivity index (χ0) is 13.7. The number of carbonyl (C=O) groups is 1. The molecule has 1 heterocycles. The molecule has 1 aliphatic rings. The van der Waals surface area contributed by atoms with Gasteiger partial charge < -0.3 is 19.5 Å². The first-order valence-electron chi connectivity index (χ1n) is 6.03. The molecule has 1 fully saturated rings. The number of hydrogen-bond donors (Lipinski definition) is 1. The van der Waals surface area contributed by atoms with Crippen LogP contribution >= 0.6 is 15.9 Å². The Kier molecular flexibility index (Phi) is 5.04. The van der Waals surface area contributed by atoms with Crippen LogP contribution in [0.25, 0.3) is 0 Å². The molecule has 0 saturated carbocycles. The van der Waals surface area contributed by atoms with Crippen LogP contribution in [0.15, 0.2) is 22.7 Å². The van der Waals surface area contributed by atoms with Crippen molar-refractivity contribution in [2.24, 2.45) is 0 Å². The number of nitrogens with one attached hydrogen (secondary N) is 1. The normalized spacial score (nSPS) is 18.1. The van der Waals surface area contributed by atoms with Crippen molar-refractivity contribution in [3.05, 3.63) is 22.7 Å². The molecule has 2 rings (SSSR count). The van der Waals surface area contributed by atoms with Crippen LogP contribution in [0.3, 0.4) is 0 Å². The Balaban J connectivity index is 1.86. The van der Waals surface area contributed by atoms with Crippen LogP contribution in [0.4, 0.5) is 0 Å². The minimum Gasteiger partial charge on any atom is -0.495 e. The molecule has 1 aromatic rings. The predicted octanol–water partition coefficient (Wildman–Crippen LogP) is 1.74. The number of amides is 1. The highest BCUT2D eigenvalue weighted by Gasteiger charge is 2.18. The van der Waals surface area contributed by atoms with Crippen molar-refractivity contribution in [2.75, 3.05) is 26.9 Å². The summed E-state index contributed by atoms with van der Waals surface area (Å²) >= 11 is 3.38. The van der Waals surface area contributed by atoms with E-state index in [1.165, 1.54) is 0 Å². The fourth-order valence-electron chi connectivity index (χ4n) is 1.82. The molecule has 104 valence electrons. The van der Waals surface area contributed by atoms with Crippen LogP contribution in [0.5, 0.6) is 11.5 Å². The molecule has 1 atom stereocenters. The largest absolute Gasteiger partial charge is 0.495 e. The van der Waals surface area contributed by atoms with Crippen molar-refractivity contribution >= 4 is 21.8 Å². The number of ether oxygens (including phenoxy) is 3. The van der Waals surface area contributed by atoms with Gasteiger partial charge in [-0.2, -0.15) is 0 Å². The summed E-state index contributed by atoms with van der Waals surface area (Å²) in [4.78, 5) is 11.7. The van der Waals surface area contributed by atoms with E-state index in [1.54, 1.807) is 13.2 Å². The van der Waals surface area contributed by atoms with Crippen molar-refractivity contribution in [3.63, 3.8) is 0 Å². The van der Waals surface area contributed by atoms with Crippen LogP contribution in [0.2, 0.25) is 0 Å². The van der Waals surface area contributed by atoms with Gasteiger partial charge in [-0.1, -0.05) is 6.07 Å². The molecule has 1 N–H and O–H groups in total. The Bertz CT molecular complexity index is 446. The second-order valence-corrected chi connectivity index (χ2v) is 4.98. The molecule has 0 radical (unpaired) electrons. The first kappa shape index (κ1) is 14.1. The van der Waals surface area contributed by atoms with Crippen molar-refractivity contribution < 1.29 is 19.0 Å². The first-order valence-corrected chi connectivity index (χ1v) is 6.82. The third kappa shape index (κ3) is 3.84. The van der Waals surface area contributed by atoms with Gasteiger partial charge in [0.2, 0.25) is 0 Å². The monoisotopic (exact) mass is 329 g/mol. The van der Waals surface area contributed by atoms with Crippen LogP contribution < -0.4 is 14.8 Å². The Morgan fingerprint density at radius 1 is 1.53 bits per heavy atom. The summed E-state index contributed by atoms with van der Waals surface area (Å²) in [6.07, 6.45) is 0.856. The standard InChI is InChI=1S/C13H16BrNO4/c1-17-10-3-2-4-11(13(10)14)19-8-12(16)15-9-5-6-18-7-9/h2-4,9H,5-8H2,1H3,(H,15,16). The molecule has 19 heavy (non-hydrogen) atoms. The summed E-state index contributed by atoms with van der Waals surface area (Å²) in [5, 5.41) is 2.86. The summed E-state index contributed by atoms with van der Waals surface area (Å²) in [5.74, 6) is 1.10. The van der Waals surface area contributed by atoms with Gasteiger partial charge in [0.1, 0.15) is 16.0 Å². The lowest BCUT2D eigenvalue weighted by atomic mass is 10.2. The Labute approximate surface area is 120 Å². The van der Waals surface area contributed by atoms with Crippen molar-refractivity contribution in [1.82, 2.24) is 5.32 Å². The second-order valence-electron chi connectivity index (χ2n) is 4.19. The van der Waals surface area contributed by atoms with Crippen LogP contribution in [-0.4, -0.2) is 38.9 Å². The number of benzene rings is 1. The molecule has 1 aromatic carbocycles. The van der Waals surface area contributed by atoms with E-state index in [2.05, 4.69) is 21.2 Å². The van der Waals surface area contributed by atoms with E-state index in [4.69, 9.17) is 14.2 Å². The second kappa shape index (κ2) is 6.77. The van der Waals surface area contributed by atoms with Gasteiger partial charge in [-0.15, -0.1) is 0 Å². The number of methoxy groups -OCH3 is 1. The fourth-order valence-corrected chi connectivity index (χ4v) is 2.36. The summed E-state index contributed by atoms with van der Waals surface area (Å²) in [5.41, 5.74) is 0. The van der Waals surface area contributed by atoms with E-state index in [0.717, 1.165) is 6.42 Å². The molecule has 0 bridgehead atoms. The maximum atomic E-state index is 11.7. The van der Waals surface area contributed by atoms with Crippen LogP contribution in [-0.2, 0) is 9.53 Å². The zero-order valence-electron chi connectivity index (χ0n) is 10.6. The SMILES string of the molecule is COc1cccc(OCC(=O)NC2CCOC2)c1Br. The summed E-state index contributed by atoms with van der Waals surface area (Å²) in [6.45, 7) is 1.25. The first-order chi connectivity index (χ1) is 9.20. The molecular weight excluding hydrogens is 314 g/mol. The quantitative estimate of drug-likeness (QED) is 0.894. The molecule has 6 heteroatoms. The molecule has 0 aliphatic carbocycles. The Morgan fingerprint density at radius 3 is 3.00 bits per heavy atom. The summed E-state index contributed by atoms with van der Waals surface area (Å²) < 4.78 is 16.5. The summed E-state index contributed by atoms with van der Waals surface area (Å²) in [7, 11) is 1.58. The lowest BCUT2D eigenvalue weighted by Crippen LogP contribution is -2.38. The highest BCUT2D eigenvalue weighted by Crippen LogP contribution is 2.33. The van der Waals surface area contributed by atoms with E-state index in [9.17, 15) is 4.79 Å². The van der Waals surface area contributed by atoms with Gasteiger partial charge in [-0.05, 0) is 34.5 Å². The lowest BCUT2D eigenvalue weighted by molar-refractivity contribution is -0.123. The smallest absolute Gasteiger partial charge is 0.258 e. The molecule has 0 aromatic heterocycles. The number of hydrogen-bond acceptors (Lipinski definition) is 4. The lowest BCUT2D eigenvalue weighted by Gasteiger charge is -2.13. The maximum absolute atomic E-state index is 11.7. The van der Waals surface area contributed by atoms with E-state index in [1.807, 2.05) is 12.1 Å². The van der Waals surface area contributed by atoms with Gasteiger partial charge in [0.05, 0.1) is 19.8 Å².